The summed E-state index contributed by atoms with van der Waals surface area (Å²) in [5.41, 5.74) is 3.89. The van der Waals surface area contributed by atoms with Gasteiger partial charge in [-0.2, -0.15) is 0 Å². The first kappa shape index (κ1) is 24.0. The molecule has 0 unspecified atom stereocenters. The van der Waals surface area contributed by atoms with Crippen LogP contribution in [0, 0.1) is 5.41 Å². The Morgan fingerprint density at radius 2 is 1.15 bits per heavy atom. The number of nitrogens with zero attached hydrogens (tertiary/aromatic N) is 1. The molecule has 0 amide bonds. The molecule has 1 heterocycles. The van der Waals surface area contributed by atoms with Gasteiger partial charge in [0.15, 0.2) is 0 Å². The van der Waals surface area contributed by atoms with Gasteiger partial charge in [0.1, 0.15) is 0 Å². The topological polar surface area (TPSA) is 57.9 Å². The van der Waals surface area contributed by atoms with Crippen LogP contribution in [0.5, 0.6) is 0 Å². The molecule has 4 rings (SSSR count). The van der Waals surface area contributed by atoms with Crippen LogP contribution in [0.15, 0.2) is 108 Å². The molecule has 0 saturated carbocycles. The van der Waals surface area contributed by atoms with Gasteiger partial charge in [-0.1, -0.05) is 0 Å². The van der Waals surface area contributed by atoms with Crippen LogP contribution < -0.4 is 10.9 Å². The van der Waals surface area contributed by atoms with Crippen molar-refractivity contribution in [2.45, 2.75) is 20.4 Å². The molecule has 0 radical (unpaired) electrons. The Kier molecular flexibility index (Phi) is 6.80. The van der Waals surface area contributed by atoms with Crippen LogP contribution in [0.1, 0.15) is 22.4 Å². The Morgan fingerprint density at radius 1 is 0.735 bits per heavy atom. The van der Waals surface area contributed by atoms with Gasteiger partial charge in [-0.15, -0.1) is 0 Å². The Labute approximate surface area is 205 Å². The average Bonchev–Trinajstić information content (AvgIpc) is 2.85. The molecule has 0 atom stereocenters. The molecular formula is C29H31N3OSn. The fraction of sp³-hybridized carbons (Fsp3) is 0.172. The van der Waals surface area contributed by atoms with E-state index in [-0.39, 0.29) is 5.56 Å². The van der Waals surface area contributed by atoms with Gasteiger partial charge in [0.2, 0.25) is 0 Å². The second-order valence-electron chi connectivity index (χ2n) is 9.59. The molecule has 0 aliphatic carbocycles. The Morgan fingerprint density at radius 3 is 1.53 bits per heavy atom. The summed E-state index contributed by atoms with van der Waals surface area (Å²) < 4.78 is 2.23. The zero-order valence-electron chi connectivity index (χ0n) is 20.2. The van der Waals surface area contributed by atoms with E-state index in [2.05, 4.69) is 56.5 Å². The summed E-state index contributed by atoms with van der Waals surface area (Å²) in [6, 6.07) is 34.5. The minimum atomic E-state index is -2.83. The summed E-state index contributed by atoms with van der Waals surface area (Å²) in [6.45, 7) is 0. The van der Waals surface area contributed by atoms with Crippen molar-refractivity contribution in [2.75, 3.05) is 5.32 Å². The van der Waals surface area contributed by atoms with Crippen molar-refractivity contribution in [3.63, 3.8) is 0 Å². The first-order valence-corrected chi connectivity index (χ1v) is 21.5. The third-order valence-corrected chi connectivity index (χ3v) is 11.2. The summed E-state index contributed by atoms with van der Waals surface area (Å²) in [7, 11) is 1.77. The van der Waals surface area contributed by atoms with E-state index in [1.54, 1.807) is 17.7 Å². The molecule has 0 aliphatic heterocycles. The molecule has 34 heavy (non-hydrogen) atoms. The van der Waals surface area contributed by atoms with Crippen LogP contribution in [0.3, 0.4) is 0 Å². The Bertz CT molecular complexity index is 1240. The van der Waals surface area contributed by atoms with Crippen molar-refractivity contribution in [2.24, 2.45) is 7.05 Å². The van der Waals surface area contributed by atoms with Crippen molar-refractivity contribution in [1.82, 2.24) is 4.57 Å². The molecule has 0 bridgehead atoms. The van der Waals surface area contributed by atoms with Crippen molar-refractivity contribution in [1.29, 1.82) is 5.41 Å². The summed E-state index contributed by atoms with van der Waals surface area (Å²) in [4.78, 5) is 19.3. The second-order valence-corrected chi connectivity index (χ2v) is 23.9. The number of anilines is 1. The quantitative estimate of drug-likeness (QED) is 0.166. The van der Waals surface area contributed by atoms with E-state index in [4.69, 9.17) is 5.41 Å². The standard InChI is InChI=1S/C26H22N3O.3CH3.Sn/c1-29-24(19-27)23(17-18-25(29)30)28-26(20-11-5-2-6-12-20,21-13-7-3-8-14-21)22-15-9-4-10-16-22;;;;/h2-18,27-28H,1H3;3*1H3;. The van der Waals surface area contributed by atoms with Gasteiger partial charge in [0.25, 0.3) is 0 Å². The second kappa shape index (κ2) is 9.63. The van der Waals surface area contributed by atoms with Crippen LogP contribution in [-0.2, 0) is 12.6 Å². The first-order chi connectivity index (χ1) is 16.2. The Hall–Kier alpha value is -3.12. The predicted octanol–water partition coefficient (Wildman–Crippen LogP) is 6.03. The van der Waals surface area contributed by atoms with Gasteiger partial charge in [-0.05, 0) is 0 Å². The van der Waals surface area contributed by atoms with Crippen molar-refractivity contribution >= 4 is 27.8 Å². The van der Waals surface area contributed by atoms with E-state index < -0.39 is 23.9 Å². The molecule has 5 heteroatoms. The predicted molar refractivity (Wildman–Crippen MR) is 145 cm³/mol. The molecule has 0 spiro atoms. The van der Waals surface area contributed by atoms with Crippen molar-refractivity contribution in [3.05, 3.63) is 136 Å². The summed E-state index contributed by atoms with van der Waals surface area (Å²) in [5.74, 6) is 0. The number of hydrogen-bond donors (Lipinski definition) is 2. The van der Waals surface area contributed by atoms with Gasteiger partial charge in [-0.25, -0.2) is 0 Å². The monoisotopic (exact) mass is 557 g/mol. The van der Waals surface area contributed by atoms with E-state index in [0.717, 1.165) is 22.4 Å². The maximum atomic E-state index is 12.7. The number of hydrogen-bond acceptors (Lipinski definition) is 3. The van der Waals surface area contributed by atoms with E-state index in [0.29, 0.717) is 9.42 Å². The van der Waals surface area contributed by atoms with E-state index >= 15 is 0 Å². The van der Waals surface area contributed by atoms with E-state index in [1.807, 2.05) is 60.7 Å². The molecule has 4 aromatic rings. The number of benzene rings is 3. The SMILES string of the molecule is Cn1c([C](=N)[Sn]([CH3])([CH3])[CH3])c(NC(c2ccccc2)(c2ccccc2)c2ccccc2)ccc1=O. The number of aromatic nitrogens is 1. The molecule has 0 saturated heterocycles. The van der Waals surface area contributed by atoms with Crippen LogP contribution in [0.25, 0.3) is 0 Å². The summed E-state index contributed by atoms with van der Waals surface area (Å²) in [6.07, 6.45) is 0. The maximum absolute atomic E-state index is 12.7. The zero-order chi connectivity index (χ0) is 24.3. The third-order valence-electron chi connectivity index (χ3n) is 6.24. The molecular weight excluding hydrogens is 525 g/mol. The van der Waals surface area contributed by atoms with Crippen LogP contribution in [-0.4, -0.2) is 26.7 Å². The summed E-state index contributed by atoms with van der Waals surface area (Å²) >= 11 is -2.83. The first-order valence-electron chi connectivity index (χ1n) is 11.5. The number of nitrogens with one attached hydrogen (secondary N) is 2. The molecule has 0 aliphatic rings. The van der Waals surface area contributed by atoms with Gasteiger partial charge >= 0.3 is 206 Å². The van der Waals surface area contributed by atoms with E-state index in [1.165, 1.54) is 0 Å². The number of rotatable bonds is 7. The molecule has 0 fully saturated rings. The third kappa shape index (κ3) is 4.47. The molecule has 1 aromatic heterocycles. The Balaban J connectivity index is 2.06. The van der Waals surface area contributed by atoms with E-state index in [9.17, 15) is 4.79 Å². The van der Waals surface area contributed by atoms with Crippen LogP contribution >= 0.6 is 0 Å². The van der Waals surface area contributed by atoms with Gasteiger partial charge < -0.3 is 0 Å². The van der Waals surface area contributed by atoms with Gasteiger partial charge in [-0.3, -0.25) is 0 Å². The fourth-order valence-corrected chi connectivity index (χ4v) is 7.27. The molecule has 3 aromatic carbocycles. The number of pyridine rings is 1. The molecule has 172 valence electrons. The molecule has 2 N–H and O–H groups in total. The zero-order valence-corrected chi connectivity index (χ0v) is 23.0. The van der Waals surface area contributed by atoms with Crippen molar-refractivity contribution in [3.8, 4) is 0 Å². The van der Waals surface area contributed by atoms with Crippen LogP contribution in [0.2, 0.25) is 14.8 Å². The normalized spacial score (nSPS) is 11.8. The fourth-order valence-electron chi connectivity index (χ4n) is 4.38. The van der Waals surface area contributed by atoms with Gasteiger partial charge in [0.05, 0.1) is 0 Å². The summed E-state index contributed by atoms with van der Waals surface area (Å²) in [5, 5.41) is 12.9. The van der Waals surface area contributed by atoms with Crippen LogP contribution in [0.4, 0.5) is 5.69 Å². The minimum absolute atomic E-state index is 0.106. The average molecular weight is 556 g/mol. The van der Waals surface area contributed by atoms with Gasteiger partial charge in [0, 0.05) is 0 Å². The molecule has 4 nitrogen and oxygen atoms in total. The van der Waals surface area contributed by atoms with Crippen molar-refractivity contribution < 1.29 is 0 Å².